The predicted octanol–water partition coefficient (Wildman–Crippen LogP) is 1.61. The maximum absolute atomic E-state index is 12.0. The molecule has 0 spiro atoms. The van der Waals surface area contributed by atoms with Crippen molar-refractivity contribution in [1.82, 2.24) is 4.98 Å². The van der Waals surface area contributed by atoms with Gasteiger partial charge in [-0.3, -0.25) is 4.79 Å². The van der Waals surface area contributed by atoms with Gasteiger partial charge in [-0.25, -0.2) is 18.4 Å². The van der Waals surface area contributed by atoms with Gasteiger partial charge in [-0.2, -0.15) is 0 Å². The van der Waals surface area contributed by atoms with E-state index in [0.29, 0.717) is 0 Å². The smallest absolute Gasteiger partial charge is 0.355 e. The SMILES string of the molecule is NS(=O)(=O)c1cccc(NC(=O)COC(=O)c2cc3ccccc3[nH]2)c1. The van der Waals surface area contributed by atoms with Crippen LogP contribution in [-0.2, 0) is 19.6 Å². The number of hydrogen-bond donors (Lipinski definition) is 3. The fourth-order valence-corrected chi connectivity index (χ4v) is 2.90. The lowest BCUT2D eigenvalue weighted by atomic mass is 10.2. The number of nitrogens with two attached hydrogens (primary N) is 1. The van der Waals surface area contributed by atoms with Crippen molar-refractivity contribution in [3.8, 4) is 0 Å². The molecule has 1 heterocycles. The number of rotatable bonds is 5. The van der Waals surface area contributed by atoms with Crippen LogP contribution < -0.4 is 10.5 Å². The minimum Gasteiger partial charge on any atom is -0.451 e. The maximum atomic E-state index is 12.0. The molecule has 4 N–H and O–H groups in total. The van der Waals surface area contributed by atoms with E-state index in [1.807, 2.05) is 24.3 Å². The van der Waals surface area contributed by atoms with Gasteiger partial charge in [0.1, 0.15) is 5.69 Å². The van der Waals surface area contributed by atoms with Crippen LogP contribution in [0.4, 0.5) is 5.69 Å². The number of benzene rings is 2. The lowest BCUT2D eigenvalue weighted by Gasteiger charge is -2.07. The summed E-state index contributed by atoms with van der Waals surface area (Å²) in [5, 5.41) is 8.33. The molecule has 9 heteroatoms. The Morgan fingerprint density at radius 2 is 1.85 bits per heavy atom. The molecule has 0 bridgehead atoms. The van der Waals surface area contributed by atoms with Crippen molar-refractivity contribution in [2.45, 2.75) is 4.90 Å². The molecule has 0 saturated heterocycles. The first-order valence-electron chi connectivity index (χ1n) is 7.50. The van der Waals surface area contributed by atoms with Crippen LogP contribution >= 0.6 is 0 Å². The Morgan fingerprint density at radius 1 is 1.08 bits per heavy atom. The summed E-state index contributed by atoms with van der Waals surface area (Å²) in [7, 11) is -3.88. The number of amides is 1. The van der Waals surface area contributed by atoms with E-state index >= 15 is 0 Å². The number of fused-ring (bicyclic) bond motifs is 1. The van der Waals surface area contributed by atoms with Crippen LogP contribution in [-0.4, -0.2) is 31.9 Å². The highest BCUT2D eigenvalue weighted by Crippen LogP contribution is 2.16. The van der Waals surface area contributed by atoms with E-state index in [9.17, 15) is 18.0 Å². The molecule has 8 nitrogen and oxygen atoms in total. The highest BCUT2D eigenvalue weighted by molar-refractivity contribution is 7.89. The van der Waals surface area contributed by atoms with Gasteiger partial charge in [0.05, 0.1) is 4.90 Å². The summed E-state index contributed by atoms with van der Waals surface area (Å²) in [5.74, 6) is -1.28. The molecule has 0 radical (unpaired) electrons. The second-order valence-corrected chi connectivity index (χ2v) is 7.03. The van der Waals surface area contributed by atoms with Gasteiger partial charge < -0.3 is 15.0 Å². The molecule has 26 heavy (non-hydrogen) atoms. The number of carbonyl (C=O) groups excluding carboxylic acids is 2. The maximum Gasteiger partial charge on any atom is 0.355 e. The topological polar surface area (TPSA) is 131 Å². The molecular weight excluding hydrogens is 358 g/mol. The summed E-state index contributed by atoms with van der Waals surface area (Å²) in [6.07, 6.45) is 0. The number of aromatic amines is 1. The molecule has 2 aromatic carbocycles. The van der Waals surface area contributed by atoms with Gasteiger partial charge in [0, 0.05) is 16.6 Å². The number of primary sulfonamides is 1. The zero-order valence-corrected chi connectivity index (χ0v) is 14.2. The number of para-hydroxylation sites is 1. The predicted molar refractivity (Wildman–Crippen MR) is 95.0 cm³/mol. The lowest BCUT2D eigenvalue weighted by molar-refractivity contribution is -0.119. The first-order valence-corrected chi connectivity index (χ1v) is 9.05. The minimum absolute atomic E-state index is 0.134. The second-order valence-electron chi connectivity index (χ2n) is 5.47. The normalized spacial score (nSPS) is 11.3. The molecule has 0 saturated carbocycles. The zero-order chi connectivity index (χ0) is 18.7. The van der Waals surface area contributed by atoms with Gasteiger partial charge in [-0.15, -0.1) is 0 Å². The molecule has 1 amide bonds. The van der Waals surface area contributed by atoms with E-state index in [0.717, 1.165) is 10.9 Å². The van der Waals surface area contributed by atoms with Crippen LogP contribution in [0.5, 0.6) is 0 Å². The van der Waals surface area contributed by atoms with Crippen LogP contribution in [0.3, 0.4) is 0 Å². The number of nitrogens with one attached hydrogen (secondary N) is 2. The van der Waals surface area contributed by atoms with Gasteiger partial charge >= 0.3 is 5.97 Å². The second kappa shape index (κ2) is 6.98. The number of sulfonamides is 1. The number of anilines is 1. The standard InChI is InChI=1S/C17H15N3O5S/c18-26(23,24)13-6-3-5-12(9-13)19-16(21)10-25-17(22)15-8-11-4-1-2-7-14(11)20-15/h1-9,20H,10H2,(H,19,21)(H2,18,23,24). The molecule has 0 fully saturated rings. The fourth-order valence-electron chi connectivity index (χ4n) is 2.34. The molecule has 0 aliphatic carbocycles. The number of carbonyl (C=O) groups is 2. The van der Waals surface area contributed by atoms with Crippen LogP contribution in [0, 0.1) is 0 Å². The van der Waals surface area contributed by atoms with Crippen molar-refractivity contribution < 1.29 is 22.7 Å². The lowest BCUT2D eigenvalue weighted by Crippen LogP contribution is -2.21. The molecule has 3 rings (SSSR count). The third-order valence-electron chi connectivity index (χ3n) is 3.53. The summed E-state index contributed by atoms with van der Waals surface area (Å²) in [6, 6.07) is 14.4. The first kappa shape index (κ1) is 17.6. The number of hydrogen-bond acceptors (Lipinski definition) is 5. The monoisotopic (exact) mass is 373 g/mol. The van der Waals surface area contributed by atoms with Gasteiger partial charge in [0.25, 0.3) is 5.91 Å². The Hall–Kier alpha value is -3.17. The first-order chi connectivity index (χ1) is 12.3. The highest BCUT2D eigenvalue weighted by atomic mass is 32.2. The van der Waals surface area contributed by atoms with Crippen LogP contribution in [0.15, 0.2) is 59.5 Å². The van der Waals surface area contributed by atoms with E-state index in [4.69, 9.17) is 9.88 Å². The molecule has 3 aromatic rings. The van der Waals surface area contributed by atoms with Crippen molar-refractivity contribution in [3.63, 3.8) is 0 Å². The summed E-state index contributed by atoms with van der Waals surface area (Å²) in [4.78, 5) is 26.7. The molecular formula is C17H15N3O5S. The molecule has 0 aliphatic rings. The van der Waals surface area contributed by atoms with Gasteiger partial charge in [-0.1, -0.05) is 24.3 Å². The van der Waals surface area contributed by atoms with Crippen LogP contribution in [0.25, 0.3) is 10.9 Å². The quantitative estimate of drug-likeness (QED) is 0.585. The Kier molecular flexibility index (Phi) is 4.74. The Morgan fingerprint density at radius 3 is 2.58 bits per heavy atom. The molecule has 134 valence electrons. The van der Waals surface area contributed by atoms with Gasteiger partial charge in [-0.05, 0) is 30.3 Å². The fraction of sp³-hybridized carbons (Fsp3) is 0.0588. The van der Waals surface area contributed by atoms with E-state index in [2.05, 4.69) is 10.3 Å². The summed E-state index contributed by atoms with van der Waals surface area (Å²) in [6.45, 7) is -0.520. The molecule has 0 aliphatic heterocycles. The van der Waals surface area contributed by atoms with Gasteiger partial charge in [0.2, 0.25) is 10.0 Å². The number of H-pyrrole nitrogens is 1. The Bertz CT molecular complexity index is 1060. The van der Waals surface area contributed by atoms with Crippen molar-refractivity contribution in [2.24, 2.45) is 5.14 Å². The van der Waals surface area contributed by atoms with Crippen LogP contribution in [0.1, 0.15) is 10.5 Å². The van der Waals surface area contributed by atoms with Crippen molar-refractivity contribution >= 4 is 38.5 Å². The number of aromatic nitrogens is 1. The third-order valence-corrected chi connectivity index (χ3v) is 4.44. The summed E-state index contributed by atoms with van der Waals surface area (Å²) < 4.78 is 27.6. The molecule has 1 aromatic heterocycles. The zero-order valence-electron chi connectivity index (χ0n) is 13.4. The highest BCUT2D eigenvalue weighted by Gasteiger charge is 2.14. The van der Waals surface area contributed by atoms with E-state index in [-0.39, 0.29) is 16.3 Å². The van der Waals surface area contributed by atoms with E-state index in [1.165, 1.54) is 24.3 Å². The summed E-state index contributed by atoms with van der Waals surface area (Å²) >= 11 is 0. The molecule has 0 unspecified atom stereocenters. The summed E-state index contributed by atoms with van der Waals surface area (Å²) in [5.41, 5.74) is 1.24. The largest absolute Gasteiger partial charge is 0.451 e. The number of ether oxygens (including phenoxy) is 1. The van der Waals surface area contributed by atoms with Crippen molar-refractivity contribution in [1.29, 1.82) is 0 Å². The number of esters is 1. The Balaban J connectivity index is 1.61. The minimum atomic E-state index is -3.88. The van der Waals surface area contributed by atoms with Crippen molar-refractivity contribution in [2.75, 3.05) is 11.9 Å². The van der Waals surface area contributed by atoms with Crippen molar-refractivity contribution in [3.05, 3.63) is 60.3 Å². The Labute approximate surface area is 149 Å². The molecule has 0 atom stereocenters. The van der Waals surface area contributed by atoms with E-state index in [1.54, 1.807) is 6.07 Å². The average Bonchev–Trinajstić information content (AvgIpc) is 3.03. The van der Waals surface area contributed by atoms with E-state index < -0.39 is 28.5 Å². The average molecular weight is 373 g/mol. The third kappa shape index (κ3) is 4.08. The van der Waals surface area contributed by atoms with Crippen LogP contribution in [0.2, 0.25) is 0 Å². The van der Waals surface area contributed by atoms with Gasteiger partial charge in [0.15, 0.2) is 6.61 Å².